The lowest BCUT2D eigenvalue weighted by atomic mass is 10.2. The fourth-order valence-electron chi connectivity index (χ4n) is 1.29. The zero-order chi connectivity index (χ0) is 14.6. The molecule has 0 bridgehead atoms. The maximum atomic E-state index is 11.7. The van der Waals surface area contributed by atoms with Gasteiger partial charge in [-0.25, -0.2) is 9.59 Å². The zero-order valence-corrected chi connectivity index (χ0v) is 11.5. The summed E-state index contributed by atoms with van der Waals surface area (Å²) in [5, 5.41) is 8.75. The number of rotatable bonds is 3. The van der Waals surface area contributed by atoms with Crippen LogP contribution in [0.1, 0.15) is 36.8 Å². The van der Waals surface area contributed by atoms with Gasteiger partial charge in [-0.1, -0.05) is 0 Å². The fourth-order valence-corrected chi connectivity index (χ4v) is 1.29. The minimum atomic E-state index is -1.03. The van der Waals surface area contributed by atoms with Crippen LogP contribution in [-0.2, 0) is 11.3 Å². The van der Waals surface area contributed by atoms with Gasteiger partial charge in [-0.05, 0) is 32.9 Å². The number of ether oxygens (including phenoxy) is 1. The molecular weight excluding hydrogens is 248 g/mol. The first-order chi connectivity index (χ1) is 8.69. The molecule has 1 N–H and O–H groups in total. The second-order valence-electron chi connectivity index (χ2n) is 5.18. The van der Waals surface area contributed by atoms with E-state index in [1.165, 1.54) is 17.2 Å². The smallest absolute Gasteiger partial charge is 0.410 e. The van der Waals surface area contributed by atoms with Crippen molar-refractivity contribution in [3.8, 4) is 0 Å². The highest BCUT2D eigenvalue weighted by atomic mass is 16.6. The molecule has 0 fully saturated rings. The average Bonchev–Trinajstić information content (AvgIpc) is 2.27. The van der Waals surface area contributed by atoms with Gasteiger partial charge in [0, 0.05) is 13.2 Å². The van der Waals surface area contributed by atoms with Crippen molar-refractivity contribution in [2.45, 2.75) is 32.9 Å². The van der Waals surface area contributed by atoms with Crippen LogP contribution in [0.4, 0.5) is 4.79 Å². The van der Waals surface area contributed by atoms with E-state index < -0.39 is 17.7 Å². The molecule has 0 saturated carbocycles. The van der Waals surface area contributed by atoms with Gasteiger partial charge in [0.25, 0.3) is 0 Å². The van der Waals surface area contributed by atoms with E-state index in [2.05, 4.69) is 4.98 Å². The molecule has 0 unspecified atom stereocenters. The van der Waals surface area contributed by atoms with E-state index in [9.17, 15) is 9.59 Å². The molecule has 0 saturated heterocycles. The van der Waals surface area contributed by atoms with Crippen molar-refractivity contribution >= 4 is 12.1 Å². The van der Waals surface area contributed by atoms with E-state index in [-0.39, 0.29) is 12.1 Å². The Morgan fingerprint density at radius 2 is 2.00 bits per heavy atom. The summed E-state index contributed by atoms with van der Waals surface area (Å²) >= 11 is 0. The minimum Gasteiger partial charge on any atom is -0.478 e. The first-order valence-electron chi connectivity index (χ1n) is 5.81. The minimum absolute atomic E-state index is 0.115. The van der Waals surface area contributed by atoms with Crippen LogP contribution in [0, 0.1) is 0 Å². The molecule has 0 radical (unpaired) electrons. The molecule has 1 heterocycles. The van der Waals surface area contributed by atoms with Gasteiger partial charge in [0.05, 0.1) is 17.8 Å². The van der Waals surface area contributed by atoms with Crippen molar-refractivity contribution in [3.05, 3.63) is 29.6 Å². The molecule has 0 aliphatic carbocycles. The summed E-state index contributed by atoms with van der Waals surface area (Å²) in [6, 6.07) is 3.03. The summed E-state index contributed by atoms with van der Waals surface area (Å²) < 4.78 is 5.20. The molecule has 0 aliphatic heterocycles. The summed E-state index contributed by atoms with van der Waals surface area (Å²) in [4.78, 5) is 27.8. The molecule has 0 aromatic carbocycles. The number of aromatic nitrogens is 1. The van der Waals surface area contributed by atoms with Gasteiger partial charge < -0.3 is 14.7 Å². The Bertz CT molecular complexity index is 463. The molecule has 19 heavy (non-hydrogen) atoms. The van der Waals surface area contributed by atoms with E-state index in [4.69, 9.17) is 9.84 Å². The number of carboxylic acids is 1. The molecule has 1 rings (SSSR count). The van der Waals surface area contributed by atoms with Gasteiger partial charge in [0.1, 0.15) is 5.60 Å². The SMILES string of the molecule is CN(Cc1ccc(C(=O)O)cn1)C(=O)OC(C)(C)C. The third-order valence-corrected chi connectivity index (χ3v) is 2.18. The largest absolute Gasteiger partial charge is 0.478 e. The van der Waals surface area contributed by atoms with Crippen molar-refractivity contribution in [2.24, 2.45) is 0 Å². The van der Waals surface area contributed by atoms with Crippen molar-refractivity contribution in [3.63, 3.8) is 0 Å². The number of pyridine rings is 1. The summed E-state index contributed by atoms with van der Waals surface area (Å²) in [6.07, 6.45) is 0.817. The number of carbonyl (C=O) groups is 2. The maximum absolute atomic E-state index is 11.7. The van der Waals surface area contributed by atoms with Crippen LogP contribution >= 0.6 is 0 Å². The lowest BCUT2D eigenvalue weighted by Gasteiger charge is -2.24. The second-order valence-corrected chi connectivity index (χ2v) is 5.18. The third kappa shape index (κ3) is 4.95. The van der Waals surface area contributed by atoms with Crippen LogP contribution in [-0.4, -0.2) is 39.7 Å². The Labute approximate surface area is 112 Å². The van der Waals surface area contributed by atoms with Gasteiger partial charge in [-0.3, -0.25) is 4.98 Å². The number of nitrogens with zero attached hydrogens (tertiary/aromatic N) is 2. The van der Waals surface area contributed by atoms with Gasteiger partial charge in [-0.2, -0.15) is 0 Å². The lowest BCUT2D eigenvalue weighted by molar-refractivity contribution is 0.0282. The number of hydrogen-bond donors (Lipinski definition) is 1. The van der Waals surface area contributed by atoms with Gasteiger partial charge in [0.2, 0.25) is 0 Å². The summed E-state index contributed by atoms with van der Waals surface area (Å²) in [5.74, 6) is -1.03. The molecule has 0 aliphatic rings. The Morgan fingerprint density at radius 3 is 2.42 bits per heavy atom. The van der Waals surface area contributed by atoms with Gasteiger partial charge in [-0.15, -0.1) is 0 Å². The first-order valence-corrected chi connectivity index (χ1v) is 5.81. The molecular formula is C13H18N2O4. The quantitative estimate of drug-likeness (QED) is 0.906. The van der Waals surface area contributed by atoms with Crippen LogP contribution in [0.15, 0.2) is 18.3 Å². The van der Waals surface area contributed by atoms with Crippen LogP contribution < -0.4 is 0 Å². The number of hydrogen-bond acceptors (Lipinski definition) is 4. The monoisotopic (exact) mass is 266 g/mol. The lowest BCUT2D eigenvalue weighted by Crippen LogP contribution is -2.34. The highest BCUT2D eigenvalue weighted by molar-refractivity contribution is 5.87. The Balaban J connectivity index is 2.64. The normalized spacial score (nSPS) is 10.9. The van der Waals surface area contributed by atoms with Crippen LogP contribution in [0.3, 0.4) is 0 Å². The number of carboxylic acid groups (broad SMARTS) is 1. The van der Waals surface area contributed by atoms with E-state index in [1.807, 2.05) is 0 Å². The van der Waals surface area contributed by atoms with E-state index in [1.54, 1.807) is 33.9 Å². The Hall–Kier alpha value is -2.11. The fraction of sp³-hybridized carbons (Fsp3) is 0.462. The molecule has 0 spiro atoms. The molecule has 0 atom stereocenters. The van der Waals surface area contributed by atoms with Crippen molar-refractivity contribution in [1.82, 2.24) is 9.88 Å². The molecule has 1 aromatic heterocycles. The zero-order valence-electron chi connectivity index (χ0n) is 11.5. The molecule has 104 valence electrons. The number of carbonyl (C=O) groups excluding carboxylic acids is 1. The topological polar surface area (TPSA) is 79.7 Å². The van der Waals surface area contributed by atoms with E-state index in [0.29, 0.717) is 5.69 Å². The van der Waals surface area contributed by atoms with Crippen molar-refractivity contribution in [2.75, 3.05) is 7.05 Å². The van der Waals surface area contributed by atoms with Crippen LogP contribution in [0.25, 0.3) is 0 Å². The Morgan fingerprint density at radius 1 is 1.37 bits per heavy atom. The first kappa shape index (κ1) is 14.9. The average molecular weight is 266 g/mol. The predicted octanol–water partition coefficient (Wildman–Crippen LogP) is 2.15. The highest BCUT2D eigenvalue weighted by Gasteiger charge is 2.19. The molecule has 6 heteroatoms. The summed E-state index contributed by atoms with van der Waals surface area (Å²) in [5.41, 5.74) is 0.161. The summed E-state index contributed by atoms with van der Waals surface area (Å²) in [6.45, 7) is 5.63. The number of aromatic carboxylic acids is 1. The molecule has 6 nitrogen and oxygen atoms in total. The highest BCUT2D eigenvalue weighted by Crippen LogP contribution is 2.11. The third-order valence-electron chi connectivity index (χ3n) is 2.18. The van der Waals surface area contributed by atoms with Crippen LogP contribution in [0.5, 0.6) is 0 Å². The second kappa shape index (κ2) is 5.69. The molecule has 1 amide bonds. The summed E-state index contributed by atoms with van der Waals surface area (Å²) in [7, 11) is 1.60. The van der Waals surface area contributed by atoms with Crippen LogP contribution in [0.2, 0.25) is 0 Å². The van der Waals surface area contributed by atoms with Crippen molar-refractivity contribution in [1.29, 1.82) is 0 Å². The maximum Gasteiger partial charge on any atom is 0.410 e. The molecule has 1 aromatic rings. The van der Waals surface area contributed by atoms with E-state index >= 15 is 0 Å². The standard InChI is InChI=1S/C13H18N2O4/c1-13(2,3)19-12(18)15(4)8-10-6-5-9(7-14-10)11(16)17/h5-7H,8H2,1-4H3,(H,16,17). The van der Waals surface area contributed by atoms with E-state index in [0.717, 1.165) is 0 Å². The van der Waals surface area contributed by atoms with Gasteiger partial charge in [0.15, 0.2) is 0 Å². The van der Waals surface area contributed by atoms with Gasteiger partial charge >= 0.3 is 12.1 Å². The van der Waals surface area contributed by atoms with Crippen molar-refractivity contribution < 1.29 is 19.4 Å². The Kier molecular flexibility index (Phi) is 4.47. The number of amides is 1. The predicted molar refractivity (Wildman–Crippen MR) is 68.9 cm³/mol.